The molecule has 2 N–H and O–H groups in total. The maximum Gasteiger partial charge on any atom is 0.00955 e. The van der Waals surface area contributed by atoms with Crippen LogP contribution in [0.4, 0.5) is 0 Å². The van der Waals surface area contributed by atoms with Crippen molar-refractivity contribution in [3.05, 3.63) is 0 Å². The van der Waals surface area contributed by atoms with Crippen molar-refractivity contribution in [1.82, 2.24) is 0 Å². The molecular weight excluding hydrogens is 122 g/mol. The van der Waals surface area contributed by atoms with E-state index in [1.165, 1.54) is 32.1 Å². The number of nitrogens with two attached hydrogens (primary N) is 1. The van der Waals surface area contributed by atoms with Crippen LogP contribution in [0.2, 0.25) is 0 Å². The molecule has 0 saturated heterocycles. The van der Waals surface area contributed by atoms with Gasteiger partial charge >= 0.3 is 0 Å². The molecule has 58 valence electrons. The third kappa shape index (κ3) is 1.20. The molecule has 2 aliphatic rings. The monoisotopic (exact) mass is 139 g/mol. The zero-order chi connectivity index (χ0) is 7.19. The molecule has 0 heterocycles. The molecular formula is C9H17N. The van der Waals surface area contributed by atoms with Crippen molar-refractivity contribution >= 4 is 0 Å². The lowest BCUT2D eigenvalue weighted by atomic mass is 9.95. The van der Waals surface area contributed by atoms with E-state index in [2.05, 4.69) is 6.92 Å². The van der Waals surface area contributed by atoms with Gasteiger partial charge in [0.15, 0.2) is 0 Å². The summed E-state index contributed by atoms with van der Waals surface area (Å²) in [7, 11) is 0. The molecule has 0 spiro atoms. The molecule has 2 saturated carbocycles. The first kappa shape index (κ1) is 6.66. The first-order chi connectivity index (χ1) is 4.71. The van der Waals surface area contributed by atoms with Crippen molar-refractivity contribution in [2.45, 2.75) is 45.1 Å². The van der Waals surface area contributed by atoms with Gasteiger partial charge < -0.3 is 5.73 Å². The van der Waals surface area contributed by atoms with Gasteiger partial charge in [-0.2, -0.15) is 0 Å². The fourth-order valence-corrected chi connectivity index (χ4v) is 1.57. The van der Waals surface area contributed by atoms with Crippen LogP contribution in [-0.4, -0.2) is 6.04 Å². The molecule has 0 aromatic rings. The summed E-state index contributed by atoms with van der Waals surface area (Å²) < 4.78 is 0. The third-order valence-electron chi connectivity index (χ3n) is 3.22. The lowest BCUT2D eigenvalue weighted by Crippen LogP contribution is -2.29. The lowest BCUT2D eigenvalue weighted by molar-refractivity contribution is 0.395. The molecule has 0 aliphatic heterocycles. The fraction of sp³-hybridized carbons (Fsp3) is 1.00. The van der Waals surface area contributed by atoms with E-state index in [0.717, 1.165) is 5.92 Å². The summed E-state index contributed by atoms with van der Waals surface area (Å²) >= 11 is 0. The Morgan fingerprint density at radius 1 is 1.50 bits per heavy atom. The van der Waals surface area contributed by atoms with E-state index in [1.807, 2.05) is 0 Å². The second kappa shape index (κ2) is 1.97. The third-order valence-corrected chi connectivity index (χ3v) is 3.22. The average Bonchev–Trinajstić information content (AvgIpc) is 2.67. The van der Waals surface area contributed by atoms with Crippen LogP contribution in [-0.2, 0) is 0 Å². The van der Waals surface area contributed by atoms with Crippen LogP contribution < -0.4 is 5.73 Å². The van der Waals surface area contributed by atoms with Gasteiger partial charge in [-0.25, -0.2) is 0 Å². The predicted molar refractivity (Wildman–Crippen MR) is 42.7 cm³/mol. The van der Waals surface area contributed by atoms with Gasteiger partial charge in [0.1, 0.15) is 0 Å². The molecule has 1 unspecified atom stereocenters. The molecule has 0 bridgehead atoms. The molecule has 0 amide bonds. The summed E-state index contributed by atoms with van der Waals surface area (Å²) in [5.41, 5.74) is 6.61. The minimum atomic E-state index is 0.514. The smallest absolute Gasteiger partial charge is 0.00955 e. The standard InChI is InChI=1S/C9H17N/c1-9(4-5-9)8(10)6-7-2-3-7/h7-8H,2-6,10H2,1H3. The Morgan fingerprint density at radius 2 is 2.10 bits per heavy atom. The summed E-state index contributed by atoms with van der Waals surface area (Å²) in [5.74, 6) is 1.01. The van der Waals surface area contributed by atoms with E-state index in [0.29, 0.717) is 11.5 Å². The summed E-state index contributed by atoms with van der Waals surface area (Å²) in [4.78, 5) is 0. The van der Waals surface area contributed by atoms with Crippen LogP contribution in [0, 0.1) is 11.3 Å². The van der Waals surface area contributed by atoms with Gasteiger partial charge in [-0.05, 0) is 30.6 Å². The van der Waals surface area contributed by atoms with E-state index < -0.39 is 0 Å². The average molecular weight is 139 g/mol. The zero-order valence-electron chi connectivity index (χ0n) is 6.77. The van der Waals surface area contributed by atoms with Crippen molar-refractivity contribution in [2.75, 3.05) is 0 Å². The maximum atomic E-state index is 6.05. The van der Waals surface area contributed by atoms with Crippen molar-refractivity contribution in [3.63, 3.8) is 0 Å². The molecule has 1 atom stereocenters. The number of rotatable bonds is 3. The van der Waals surface area contributed by atoms with Gasteiger partial charge in [0.25, 0.3) is 0 Å². The van der Waals surface area contributed by atoms with Gasteiger partial charge in [0, 0.05) is 6.04 Å². The van der Waals surface area contributed by atoms with Crippen LogP contribution in [0.15, 0.2) is 0 Å². The highest BCUT2D eigenvalue weighted by atomic mass is 14.7. The Hall–Kier alpha value is -0.0400. The Bertz CT molecular complexity index is 134. The minimum Gasteiger partial charge on any atom is -0.327 e. The maximum absolute atomic E-state index is 6.05. The summed E-state index contributed by atoms with van der Waals surface area (Å²) in [6, 6.07) is 0.514. The van der Waals surface area contributed by atoms with E-state index in [9.17, 15) is 0 Å². The van der Waals surface area contributed by atoms with Gasteiger partial charge in [-0.15, -0.1) is 0 Å². The lowest BCUT2D eigenvalue weighted by Gasteiger charge is -2.17. The molecule has 1 nitrogen and oxygen atoms in total. The van der Waals surface area contributed by atoms with E-state index >= 15 is 0 Å². The van der Waals surface area contributed by atoms with Crippen molar-refractivity contribution in [2.24, 2.45) is 17.1 Å². The zero-order valence-corrected chi connectivity index (χ0v) is 6.77. The number of hydrogen-bond acceptors (Lipinski definition) is 1. The summed E-state index contributed by atoms with van der Waals surface area (Å²) in [6.07, 6.45) is 6.95. The molecule has 2 rings (SSSR count). The topological polar surface area (TPSA) is 26.0 Å². The first-order valence-electron chi connectivity index (χ1n) is 4.46. The summed E-state index contributed by atoms with van der Waals surface area (Å²) in [5, 5.41) is 0. The van der Waals surface area contributed by atoms with Gasteiger partial charge in [-0.3, -0.25) is 0 Å². The van der Waals surface area contributed by atoms with Gasteiger partial charge in [-0.1, -0.05) is 19.8 Å². The van der Waals surface area contributed by atoms with Crippen LogP contribution >= 0.6 is 0 Å². The Morgan fingerprint density at radius 3 is 2.50 bits per heavy atom. The molecule has 0 radical (unpaired) electrons. The van der Waals surface area contributed by atoms with Crippen molar-refractivity contribution in [3.8, 4) is 0 Å². The fourth-order valence-electron chi connectivity index (χ4n) is 1.57. The van der Waals surface area contributed by atoms with E-state index in [-0.39, 0.29) is 0 Å². The highest BCUT2D eigenvalue weighted by Crippen LogP contribution is 2.50. The Labute approximate surface area is 63.0 Å². The molecule has 2 aliphatic carbocycles. The minimum absolute atomic E-state index is 0.514. The summed E-state index contributed by atoms with van der Waals surface area (Å²) in [6.45, 7) is 2.33. The second-order valence-electron chi connectivity index (χ2n) is 4.44. The first-order valence-corrected chi connectivity index (χ1v) is 4.46. The largest absolute Gasteiger partial charge is 0.327 e. The molecule has 2 fully saturated rings. The van der Waals surface area contributed by atoms with E-state index in [4.69, 9.17) is 5.73 Å². The quantitative estimate of drug-likeness (QED) is 0.635. The predicted octanol–water partition coefficient (Wildman–Crippen LogP) is 1.91. The van der Waals surface area contributed by atoms with Gasteiger partial charge in [0.05, 0.1) is 0 Å². The highest BCUT2D eigenvalue weighted by molar-refractivity contribution is 4.98. The van der Waals surface area contributed by atoms with Crippen LogP contribution in [0.3, 0.4) is 0 Å². The van der Waals surface area contributed by atoms with Crippen LogP contribution in [0.1, 0.15) is 39.0 Å². The van der Waals surface area contributed by atoms with Gasteiger partial charge in [0.2, 0.25) is 0 Å². The SMILES string of the molecule is CC1(C(N)CC2CC2)CC1. The molecule has 10 heavy (non-hydrogen) atoms. The Balaban J connectivity index is 1.80. The Kier molecular flexibility index (Phi) is 1.31. The van der Waals surface area contributed by atoms with Crippen molar-refractivity contribution in [1.29, 1.82) is 0 Å². The number of hydrogen-bond donors (Lipinski definition) is 1. The van der Waals surface area contributed by atoms with Crippen LogP contribution in [0.5, 0.6) is 0 Å². The highest BCUT2D eigenvalue weighted by Gasteiger charge is 2.44. The van der Waals surface area contributed by atoms with E-state index in [1.54, 1.807) is 0 Å². The molecule has 0 aromatic heterocycles. The normalized spacial score (nSPS) is 31.8. The van der Waals surface area contributed by atoms with Crippen molar-refractivity contribution < 1.29 is 0 Å². The van der Waals surface area contributed by atoms with Crippen LogP contribution in [0.25, 0.3) is 0 Å². The molecule has 1 heteroatoms. The molecule has 0 aromatic carbocycles. The second-order valence-corrected chi connectivity index (χ2v) is 4.44.